The van der Waals surface area contributed by atoms with Crippen molar-refractivity contribution in [2.45, 2.75) is 18.9 Å². The van der Waals surface area contributed by atoms with E-state index < -0.39 is 11.6 Å². The standard InChI is InChI=1S/C12H14F2N2O/c13-9-2-1-8(11(14)6-9)5-12(17)16-10-3-4-15-7-10/h1-2,6,10,15H,3-5,7H2,(H,16,17)/t10-/m0/s1. The van der Waals surface area contributed by atoms with Crippen LogP contribution < -0.4 is 10.6 Å². The van der Waals surface area contributed by atoms with Gasteiger partial charge in [0, 0.05) is 18.7 Å². The predicted octanol–water partition coefficient (Wildman–Crippen LogP) is 0.985. The van der Waals surface area contributed by atoms with Gasteiger partial charge in [0.25, 0.3) is 0 Å². The van der Waals surface area contributed by atoms with Crippen molar-refractivity contribution in [2.24, 2.45) is 0 Å². The number of carbonyl (C=O) groups excluding carboxylic acids is 1. The molecular weight excluding hydrogens is 226 g/mol. The van der Waals surface area contributed by atoms with Gasteiger partial charge in [0.1, 0.15) is 11.6 Å². The summed E-state index contributed by atoms with van der Waals surface area (Å²) >= 11 is 0. The van der Waals surface area contributed by atoms with Crippen molar-refractivity contribution >= 4 is 5.91 Å². The Bertz CT molecular complexity index is 417. The van der Waals surface area contributed by atoms with Gasteiger partial charge in [0.15, 0.2) is 0 Å². The molecule has 1 amide bonds. The zero-order chi connectivity index (χ0) is 12.3. The minimum atomic E-state index is -0.676. The fraction of sp³-hybridized carbons (Fsp3) is 0.417. The van der Waals surface area contributed by atoms with Gasteiger partial charge >= 0.3 is 0 Å². The molecule has 92 valence electrons. The third-order valence-electron chi connectivity index (χ3n) is 2.79. The Morgan fingerprint density at radius 1 is 1.47 bits per heavy atom. The Morgan fingerprint density at radius 3 is 2.94 bits per heavy atom. The summed E-state index contributed by atoms with van der Waals surface area (Å²) in [7, 11) is 0. The number of hydrogen-bond acceptors (Lipinski definition) is 2. The SMILES string of the molecule is O=C(Cc1ccc(F)cc1F)N[C@H]1CCNC1. The second-order valence-corrected chi connectivity index (χ2v) is 4.17. The zero-order valence-electron chi connectivity index (χ0n) is 9.30. The molecule has 2 rings (SSSR count). The van der Waals surface area contributed by atoms with Crippen molar-refractivity contribution < 1.29 is 13.6 Å². The first-order valence-corrected chi connectivity index (χ1v) is 5.59. The number of rotatable bonds is 3. The molecule has 0 bridgehead atoms. The lowest BCUT2D eigenvalue weighted by Gasteiger charge is -2.11. The van der Waals surface area contributed by atoms with Crippen molar-refractivity contribution in [1.29, 1.82) is 0 Å². The second-order valence-electron chi connectivity index (χ2n) is 4.17. The number of hydrogen-bond donors (Lipinski definition) is 2. The molecule has 1 aromatic carbocycles. The lowest BCUT2D eigenvalue weighted by molar-refractivity contribution is -0.121. The smallest absolute Gasteiger partial charge is 0.224 e. The van der Waals surface area contributed by atoms with Crippen LogP contribution in [0.3, 0.4) is 0 Å². The molecule has 0 saturated carbocycles. The molecule has 1 atom stereocenters. The van der Waals surface area contributed by atoms with Gasteiger partial charge in [-0.1, -0.05) is 6.07 Å². The van der Waals surface area contributed by atoms with Gasteiger partial charge in [-0.3, -0.25) is 4.79 Å². The summed E-state index contributed by atoms with van der Waals surface area (Å²) in [5, 5.41) is 5.93. The maximum absolute atomic E-state index is 13.3. The normalized spacial score (nSPS) is 19.3. The van der Waals surface area contributed by atoms with Crippen LogP contribution in [0.1, 0.15) is 12.0 Å². The van der Waals surface area contributed by atoms with Gasteiger partial charge in [-0.05, 0) is 24.6 Å². The van der Waals surface area contributed by atoms with Crippen LogP contribution in [-0.2, 0) is 11.2 Å². The quantitative estimate of drug-likeness (QED) is 0.827. The monoisotopic (exact) mass is 240 g/mol. The molecule has 0 aromatic heterocycles. The van der Waals surface area contributed by atoms with Crippen molar-refractivity contribution in [3.05, 3.63) is 35.4 Å². The van der Waals surface area contributed by atoms with E-state index in [0.29, 0.717) is 0 Å². The van der Waals surface area contributed by atoms with E-state index in [1.807, 2.05) is 0 Å². The van der Waals surface area contributed by atoms with Crippen LogP contribution >= 0.6 is 0 Å². The first kappa shape index (κ1) is 12.0. The minimum Gasteiger partial charge on any atom is -0.352 e. The fourth-order valence-corrected chi connectivity index (χ4v) is 1.89. The van der Waals surface area contributed by atoms with Crippen molar-refractivity contribution in [1.82, 2.24) is 10.6 Å². The van der Waals surface area contributed by atoms with Crippen LogP contribution in [-0.4, -0.2) is 25.0 Å². The fourth-order valence-electron chi connectivity index (χ4n) is 1.89. The Labute approximate surface area is 98.2 Å². The van der Waals surface area contributed by atoms with E-state index in [4.69, 9.17) is 0 Å². The van der Waals surface area contributed by atoms with Crippen molar-refractivity contribution in [3.63, 3.8) is 0 Å². The van der Waals surface area contributed by atoms with Crippen LogP contribution in [0, 0.1) is 11.6 Å². The molecule has 0 spiro atoms. The van der Waals surface area contributed by atoms with Crippen molar-refractivity contribution in [2.75, 3.05) is 13.1 Å². The minimum absolute atomic E-state index is 0.0530. The molecule has 5 heteroatoms. The number of nitrogens with one attached hydrogen (secondary N) is 2. The first-order chi connectivity index (χ1) is 8.15. The summed E-state index contributed by atoms with van der Waals surface area (Å²) in [6.07, 6.45) is 0.834. The molecule has 0 radical (unpaired) electrons. The summed E-state index contributed by atoms with van der Waals surface area (Å²) in [6.45, 7) is 1.63. The molecule has 1 saturated heterocycles. The largest absolute Gasteiger partial charge is 0.352 e. The van der Waals surface area contributed by atoms with Crippen LogP contribution in [0.4, 0.5) is 8.78 Å². The van der Waals surface area contributed by atoms with Gasteiger partial charge in [0.05, 0.1) is 6.42 Å². The van der Waals surface area contributed by atoms with E-state index in [1.165, 1.54) is 6.07 Å². The van der Waals surface area contributed by atoms with E-state index in [-0.39, 0.29) is 23.9 Å². The van der Waals surface area contributed by atoms with E-state index in [1.54, 1.807) is 0 Å². The lowest BCUT2D eigenvalue weighted by atomic mass is 10.1. The summed E-state index contributed by atoms with van der Waals surface area (Å²) in [4.78, 5) is 11.6. The van der Waals surface area contributed by atoms with Crippen LogP contribution in [0.25, 0.3) is 0 Å². The summed E-state index contributed by atoms with van der Waals surface area (Å²) < 4.78 is 26.0. The Hall–Kier alpha value is -1.49. The van der Waals surface area contributed by atoms with Gasteiger partial charge in [-0.15, -0.1) is 0 Å². The highest BCUT2D eigenvalue weighted by Crippen LogP contribution is 2.10. The predicted molar refractivity (Wildman–Crippen MR) is 59.5 cm³/mol. The summed E-state index contributed by atoms with van der Waals surface area (Å²) in [6, 6.07) is 3.37. The maximum Gasteiger partial charge on any atom is 0.224 e. The second kappa shape index (κ2) is 5.23. The molecule has 1 fully saturated rings. The third-order valence-corrected chi connectivity index (χ3v) is 2.79. The molecule has 17 heavy (non-hydrogen) atoms. The van der Waals surface area contributed by atoms with Gasteiger partial charge in [0.2, 0.25) is 5.91 Å². The number of benzene rings is 1. The van der Waals surface area contributed by atoms with E-state index >= 15 is 0 Å². The van der Waals surface area contributed by atoms with Crippen molar-refractivity contribution in [3.8, 4) is 0 Å². The Morgan fingerprint density at radius 2 is 2.29 bits per heavy atom. The summed E-state index contributed by atoms with van der Waals surface area (Å²) in [5.41, 5.74) is 0.217. The third kappa shape index (κ3) is 3.23. The molecule has 0 unspecified atom stereocenters. The molecule has 0 aliphatic carbocycles. The Balaban J connectivity index is 1.93. The van der Waals surface area contributed by atoms with E-state index in [9.17, 15) is 13.6 Å². The average molecular weight is 240 g/mol. The molecule has 1 aliphatic heterocycles. The van der Waals surface area contributed by atoms with Gasteiger partial charge < -0.3 is 10.6 Å². The molecule has 2 N–H and O–H groups in total. The van der Waals surface area contributed by atoms with E-state index in [2.05, 4.69) is 10.6 Å². The molecule has 1 aliphatic rings. The average Bonchev–Trinajstić information content (AvgIpc) is 2.75. The number of carbonyl (C=O) groups is 1. The molecule has 1 aromatic rings. The first-order valence-electron chi connectivity index (χ1n) is 5.59. The van der Waals surface area contributed by atoms with Gasteiger partial charge in [-0.2, -0.15) is 0 Å². The number of amides is 1. The number of halogens is 2. The van der Waals surface area contributed by atoms with Crippen LogP contribution in [0.15, 0.2) is 18.2 Å². The topological polar surface area (TPSA) is 41.1 Å². The maximum atomic E-state index is 13.3. The molecular formula is C12H14F2N2O. The highest BCUT2D eigenvalue weighted by Gasteiger charge is 2.17. The highest BCUT2D eigenvalue weighted by atomic mass is 19.1. The van der Waals surface area contributed by atoms with E-state index in [0.717, 1.165) is 31.6 Å². The molecule has 3 nitrogen and oxygen atoms in total. The molecule has 1 heterocycles. The lowest BCUT2D eigenvalue weighted by Crippen LogP contribution is -2.37. The van der Waals surface area contributed by atoms with Crippen LogP contribution in [0.5, 0.6) is 0 Å². The van der Waals surface area contributed by atoms with Gasteiger partial charge in [-0.25, -0.2) is 8.78 Å². The Kier molecular flexibility index (Phi) is 3.68. The highest BCUT2D eigenvalue weighted by molar-refractivity contribution is 5.79. The zero-order valence-corrected chi connectivity index (χ0v) is 9.30. The summed E-state index contributed by atoms with van der Waals surface area (Å²) in [5.74, 6) is -1.54. The van der Waals surface area contributed by atoms with Crippen LogP contribution in [0.2, 0.25) is 0 Å².